The molecule has 6 heteroatoms. The number of nitrogens with two attached hydrogens (primary N) is 1. The normalized spacial score (nSPS) is 16.8. The number of tetrazole rings is 1. The molecule has 0 saturated heterocycles. The van der Waals surface area contributed by atoms with Gasteiger partial charge in [0, 0.05) is 11.3 Å². The van der Waals surface area contributed by atoms with Gasteiger partial charge >= 0.3 is 0 Å². The van der Waals surface area contributed by atoms with Crippen LogP contribution in [0.2, 0.25) is 0 Å². The van der Waals surface area contributed by atoms with E-state index in [-0.39, 0.29) is 11.9 Å². The van der Waals surface area contributed by atoms with Gasteiger partial charge < -0.3 is 5.73 Å². The number of rotatable bonds is 3. The van der Waals surface area contributed by atoms with Gasteiger partial charge in [0.15, 0.2) is 5.82 Å². The summed E-state index contributed by atoms with van der Waals surface area (Å²) in [4.78, 5) is 0. The first-order chi connectivity index (χ1) is 8.66. The number of nitrogen functional groups attached to an aromatic ring is 1. The molecule has 0 spiro atoms. The number of anilines is 1. The third kappa shape index (κ3) is 1.83. The van der Waals surface area contributed by atoms with Crippen LogP contribution in [0.3, 0.4) is 0 Å². The van der Waals surface area contributed by atoms with Gasteiger partial charge in [-0.05, 0) is 54.3 Å². The predicted molar refractivity (Wildman–Crippen MR) is 65.1 cm³/mol. The van der Waals surface area contributed by atoms with Crippen molar-refractivity contribution >= 4 is 5.69 Å². The van der Waals surface area contributed by atoms with Crippen LogP contribution < -0.4 is 5.73 Å². The Labute approximate surface area is 104 Å². The van der Waals surface area contributed by atoms with Crippen LogP contribution in [0.25, 0.3) is 11.4 Å². The lowest BCUT2D eigenvalue weighted by Crippen LogP contribution is -2.11. The molecule has 1 saturated carbocycles. The van der Waals surface area contributed by atoms with E-state index >= 15 is 0 Å². The number of aromatic nitrogens is 4. The maximum absolute atomic E-state index is 13.3. The van der Waals surface area contributed by atoms with Crippen LogP contribution in [-0.4, -0.2) is 20.2 Å². The summed E-state index contributed by atoms with van der Waals surface area (Å²) in [6.45, 7) is 2.08. The standard InChI is InChI=1S/C12H14FN5/c1-7(8-2-3-8)18-12(15-16-17-18)10-6-9(13)4-5-11(10)14/h4-8H,2-3,14H2,1H3. The second kappa shape index (κ2) is 4.04. The monoisotopic (exact) mass is 247 g/mol. The first kappa shape index (κ1) is 11.1. The minimum absolute atomic E-state index is 0.220. The molecule has 1 aliphatic rings. The van der Waals surface area contributed by atoms with Crippen LogP contribution in [0.5, 0.6) is 0 Å². The zero-order valence-corrected chi connectivity index (χ0v) is 10.0. The highest BCUT2D eigenvalue weighted by molar-refractivity contribution is 5.71. The average molecular weight is 247 g/mol. The summed E-state index contributed by atoms with van der Waals surface area (Å²) < 4.78 is 15.0. The molecule has 1 atom stereocenters. The van der Waals surface area contributed by atoms with Crippen molar-refractivity contribution in [2.75, 3.05) is 5.73 Å². The first-order valence-corrected chi connectivity index (χ1v) is 6.00. The maximum atomic E-state index is 13.3. The zero-order chi connectivity index (χ0) is 12.7. The molecular weight excluding hydrogens is 233 g/mol. The van der Waals surface area contributed by atoms with Gasteiger partial charge in [0.1, 0.15) is 5.82 Å². The summed E-state index contributed by atoms with van der Waals surface area (Å²) in [6, 6.07) is 4.46. The fourth-order valence-corrected chi connectivity index (χ4v) is 2.15. The molecule has 2 N–H and O–H groups in total. The van der Waals surface area contributed by atoms with E-state index in [0.29, 0.717) is 23.0 Å². The second-order valence-corrected chi connectivity index (χ2v) is 4.76. The van der Waals surface area contributed by atoms with Crippen LogP contribution in [0.15, 0.2) is 18.2 Å². The molecule has 1 aromatic heterocycles. The van der Waals surface area contributed by atoms with Gasteiger partial charge in [-0.2, -0.15) is 0 Å². The van der Waals surface area contributed by atoms with Crippen molar-refractivity contribution in [1.82, 2.24) is 20.2 Å². The summed E-state index contributed by atoms with van der Waals surface area (Å²) in [7, 11) is 0. The van der Waals surface area contributed by atoms with E-state index in [9.17, 15) is 4.39 Å². The van der Waals surface area contributed by atoms with Gasteiger partial charge in [0.2, 0.25) is 0 Å². The SMILES string of the molecule is CC(C1CC1)n1nnnc1-c1cc(F)ccc1N. The second-order valence-electron chi connectivity index (χ2n) is 4.76. The van der Waals surface area contributed by atoms with E-state index in [1.54, 1.807) is 4.68 Å². The van der Waals surface area contributed by atoms with Gasteiger partial charge in [-0.25, -0.2) is 9.07 Å². The number of hydrogen-bond acceptors (Lipinski definition) is 4. The Hall–Kier alpha value is -1.98. The summed E-state index contributed by atoms with van der Waals surface area (Å²) in [5, 5.41) is 11.7. The molecule has 5 nitrogen and oxygen atoms in total. The van der Waals surface area contributed by atoms with Crippen molar-refractivity contribution < 1.29 is 4.39 Å². The lowest BCUT2D eigenvalue weighted by atomic mass is 10.1. The fraction of sp³-hybridized carbons (Fsp3) is 0.417. The molecule has 1 aliphatic carbocycles. The predicted octanol–water partition coefficient (Wildman–Crippen LogP) is 2.03. The zero-order valence-electron chi connectivity index (χ0n) is 10.0. The van der Waals surface area contributed by atoms with E-state index in [2.05, 4.69) is 22.4 Å². The lowest BCUT2D eigenvalue weighted by Gasteiger charge is -2.13. The Balaban J connectivity index is 2.06. The molecule has 94 valence electrons. The van der Waals surface area contributed by atoms with Crippen molar-refractivity contribution in [3.05, 3.63) is 24.0 Å². The highest BCUT2D eigenvalue weighted by atomic mass is 19.1. The van der Waals surface area contributed by atoms with Crippen LogP contribution in [0.1, 0.15) is 25.8 Å². The molecule has 1 aromatic carbocycles. The Morgan fingerprint density at radius 1 is 1.44 bits per heavy atom. The lowest BCUT2D eigenvalue weighted by molar-refractivity contribution is 0.433. The molecule has 3 rings (SSSR count). The highest BCUT2D eigenvalue weighted by Gasteiger charge is 2.31. The third-order valence-corrected chi connectivity index (χ3v) is 3.44. The summed E-state index contributed by atoms with van der Waals surface area (Å²) in [6.07, 6.45) is 2.39. The minimum Gasteiger partial charge on any atom is -0.398 e. The summed E-state index contributed by atoms with van der Waals surface area (Å²) >= 11 is 0. The summed E-state index contributed by atoms with van der Waals surface area (Å²) in [5.74, 6) is 0.807. The van der Waals surface area contributed by atoms with Gasteiger partial charge in [0.05, 0.1) is 6.04 Å². The summed E-state index contributed by atoms with van der Waals surface area (Å²) in [5.41, 5.74) is 6.90. The van der Waals surface area contributed by atoms with E-state index in [1.807, 2.05) is 0 Å². The highest BCUT2D eigenvalue weighted by Crippen LogP contribution is 2.40. The van der Waals surface area contributed by atoms with Gasteiger partial charge in [-0.15, -0.1) is 5.10 Å². The van der Waals surface area contributed by atoms with Gasteiger partial charge in [-0.3, -0.25) is 0 Å². The van der Waals surface area contributed by atoms with Gasteiger partial charge in [-0.1, -0.05) is 0 Å². The topological polar surface area (TPSA) is 69.6 Å². The molecular formula is C12H14FN5. The Kier molecular flexibility index (Phi) is 2.50. The molecule has 0 amide bonds. The van der Waals surface area contributed by atoms with Crippen molar-refractivity contribution in [3.63, 3.8) is 0 Å². The van der Waals surface area contributed by atoms with Crippen molar-refractivity contribution in [3.8, 4) is 11.4 Å². The van der Waals surface area contributed by atoms with E-state index in [0.717, 1.165) is 0 Å². The smallest absolute Gasteiger partial charge is 0.184 e. The molecule has 1 unspecified atom stereocenters. The van der Waals surface area contributed by atoms with Crippen LogP contribution in [0.4, 0.5) is 10.1 Å². The fourth-order valence-electron chi connectivity index (χ4n) is 2.15. The Morgan fingerprint density at radius 3 is 2.94 bits per heavy atom. The maximum Gasteiger partial charge on any atom is 0.184 e. The van der Waals surface area contributed by atoms with Crippen molar-refractivity contribution in [1.29, 1.82) is 0 Å². The number of nitrogens with zero attached hydrogens (tertiary/aromatic N) is 4. The molecule has 2 aromatic rings. The largest absolute Gasteiger partial charge is 0.398 e. The van der Waals surface area contributed by atoms with E-state index in [4.69, 9.17) is 5.73 Å². The van der Waals surface area contributed by atoms with Crippen molar-refractivity contribution in [2.45, 2.75) is 25.8 Å². The molecule has 18 heavy (non-hydrogen) atoms. The quantitative estimate of drug-likeness (QED) is 0.842. The molecule has 0 aliphatic heterocycles. The average Bonchev–Trinajstić information content (AvgIpc) is 3.09. The van der Waals surface area contributed by atoms with Crippen LogP contribution in [-0.2, 0) is 0 Å². The molecule has 0 bridgehead atoms. The van der Waals surface area contributed by atoms with Crippen LogP contribution in [0, 0.1) is 11.7 Å². The Morgan fingerprint density at radius 2 is 2.22 bits per heavy atom. The van der Waals surface area contributed by atoms with Crippen molar-refractivity contribution in [2.24, 2.45) is 5.92 Å². The molecule has 1 heterocycles. The number of hydrogen-bond donors (Lipinski definition) is 1. The van der Waals surface area contributed by atoms with Gasteiger partial charge in [0.25, 0.3) is 0 Å². The van der Waals surface area contributed by atoms with E-state index < -0.39 is 0 Å². The third-order valence-electron chi connectivity index (χ3n) is 3.44. The number of benzene rings is 1. The van der Waals surface area contributed by atoms with E-state index in [1.165, 1.54) is 31.0 Å². The molecule has 0 radical (unpaired) electrons. The number of halogens is 1. The molecule has 1 fully saturated rings. The minimum atomic E-state index is -0.340. The first-order valence-electron chi connectivity index (χ1n) is 6.00. The Bertz CT molecular complexity index is 576. The van der Waals surface area contributed by atoms with Crippen LogP contribution >= 0.6 is 0 Å².